The van der Waals surface area contributed by atoms with Crippen molar-refractivity contribution in [3.8, 4) is 16.9 Å². The van der Waals surface area contributed by atoms with Crippen molar-refractivity contribution >= 4 is 19.8 Å². The molecule has 0 saturated carbocycles. The van der Waals surface area contributed by atoms with E-state index < -0.39 is 19.8 Å². The van der Waals surface area contributed by atoms with E-state index in [1.807, 2.05) is 30.3 Å². The summed E-state index contributed by atoms with van der Waals surface area (Å²) in [6, 6.07) is 18.5. The van der Waals surface area contributed by atoms with E-state index in [0.29, 0.717) is 6.61 Å². The Labute approximate surface area is 130 Å². The molecule has 107 valence electrons. The predicted octanol–water partition coefficient (Wildman–Crippen LogP) is 5.06. The minimum atomic E-state index is -0.637. The maximum absolute atomic E-state index is 5.48. The van der Waals surface area contributed by atoms with Crippen LogP contribution in [-0.2, 0) is 0 Å². The van der Waals surface area contributed by atoms with Crippen LogP contribution in [-0.4, -0.2) is 26.4 Å². The first-order valence-electron chi connectivity index (χ1n) is 7.21. The van der Waals surface area contributed by atoms with Gasteiger partial charge in [0.05, 0.1) is 6.61 Å². The Morgan fingerprint density at radius 1 is 0.850 bits per heavy atom. The SMILES string of the molecule is [CH2]CCOc1ccc(-c2ccccc2)cc1.[CH3][SnH]([CH3])[CH3]. The summed E-state index contributed by atoms with van der Waals surface area (Å²) in [5, 5.41) is 0. The van der Waals surface area contributed by atoms with Gasteiger partial charge in [0, 0.05) is 0 Å². The molecule has 0 aliphatic rings. The summed E-state index contributed by atoms with van der Waals surface area (Å²) in [5.41, 5.74) is 2.44. The zero-order valence-electron chi connectivity index (χ0n) is 12.8. The molecule has 0 amide bonds. The Kier molecular flexibility index (Phi) is 8.43. The van der Waals surface area contributed by atoms with E-state index in [1.165, 1.54) is 11.1 Å². The molecule has 2 heteroatoms. The van der Waals surface area contributed by atoms with Crippen molar-refractivity contribution in [2.24, 2.45) is 0 Å². The summed E-state index contributed by atoms with van der Waals surface area (Å²) >= 11 is -0.637. The summed E-state index contributed by atoms with van der Waals surface area (Å²) in [7, 11) is 0. The molecular weight excluding hydrogens is 351 g/mol. The number of hydrogen-bond acceptors (Lipinski definition) is 1. The van der Waals surface area contributed by atoms with Crippen LogP contribution >= 0.6 is 0 Å². The van der Waals surface area contributed by atoms with Gasteiger partial charge in [0.25, 0.3) is 0 Å². The molecule has 0 unspecified atom stereocenters. The molecule has 2 aromatic rings. The van der Waals surface area contributed by atoms with Crippen molar-refractivity contribution in [3.63, 3.8) is 0 Å². The summed E-state index contributed by atoms with van der Waals surface area (Å²) in [6.45, 7) is 4.41. The van der Waals surface area contributed by atoms with Gasteiger partial charge in [0.15, 0.2) is 0 Å². The van der Waals surface area contributed by atoms with E-state index in [2.05, 4.69) is 46.0 Å². The van der Waals surface area contributed by atoms with Crippen molar-refractivity contribution in [1.82, 2.24) is 0 Å². The fourth-order valence-corrected chi connectivity index (χ4v) is 1.56. The zero-order valence-corrected chi connectivity index (χ0v) is 16.1. The first-order valence-corrected chi connectivity index (χ1v) is 17.1. The molecule has 0 saturated heterocycles. The summed E-state index contributed by atoms with van der Waals surface area (Å²) in [4.78, 5) is 7.13. The van der Waals surface area contributed by atoms with Gasteiger partial charge in [-0.1, -0.05) is 42.5 Å². The second-order valence-corrected chi connectivity index (χ2v) is 15.2. The average molecular weight is 376 g/mol. The molecule has 0 spiro atoms. The van der Waals surface area contributed by atoms with Crippen LogP contribution in [0.25, 0.3) is 11.1 Å². The first-order chi connectivity index (χ1) is 9.63. The number of hydrogen-bond donors (Lipinski definition) is 0. The predicted molar refractivity (Wildman–Crippen MR) is 92.1 cm³/mol. The number of benzene rings is 2. The van der Waals surface area contributed by atoms with E-state index in [0.717, 1.165) is 12.2 Å². The van der Waals surface area contributed by atoms with Crippen LogP contribution in [0.4, 0.5) is 0 Å². The van der Waals surface area contributed by atoms with E-state index in [-0.39, 0.29) is 0 Å². The molecule has 0 bridgehead atoms. The third-order valence-electron chi connectivity index (χ3n) is 2.37. The first kappa shape index (κ1) is 17.1. The van der Waals surface area contributed by atoms with E-state index in [9.17, 15) is 0 Å². The molecule has 0 aliphatic heterocycles. The fraction of sp³-hybridized carbons (Fsp3) is 0.278. The normalized spacial score (nSPS) is 9.85. The number of rotatable bonds is 4. The summed E-state index contributed by atoms with van der Waals surface area (Å²) < 4.78 is 5.48. The van der Waals surface area contributed by atoms with Crippen molar-refractivity contribution < 1.29 is 4.74 Å². The van der Waals surface area contributed by atoms with E-state index in [4.69, 9.17) is 4.74 Å². The Morgan fingerprint density at radius 2 is 1.35 bits per heavy atom. The van der Waals surface area contributed by atoms with Gasteiger partial charge in [0.2, 0.25) is 0 Å². The fourth-order valence-electron chi connectivity index (χ4n) is 1.56. The molecule has 0 atom stereocenters. The molecule has 2 rings (SSSR count). The van der Waals surface area contributed by atoms with Crippen molar-refractivity contribution in [2.45, 2.75) is 21.2 Å². The minimum absolute atomic E-state index is 0.637. The van der Waals surface area contributed by atoms with Crippen LogP contribution in [0.15, 0.2) is 54.6 Å². The summed E-state index contributed by atoms with van der Waals surface area (Å²) in [5.74, 6) is 0.906. The quantitative estimate of drug-likeness (QED) is 0.678. The molecule has 0 N–H and O–H groups in total. The Morgan fingerprint density at radius 3 is 1.85 bits per heavy atom. The average Bonchev–Trinajstić information content (AvgIpc) is 2.46. The van der Waals surface area contributed by atoms with Gasteiger partial charge in [-0.05, 0) is 36.6 Å². The third kappa shape index (κ3) is 6.99. The molecule has 0 aromatic heterocycles. The molecular formula is C18H25OSn. The molecule has 1 nitrogen and oxygen atoms in total. The second-order valence-electron chi connectivity index (χ2n) is 5.32. The van der Waals surface area contributed by atoms with Gasteiger partial charge in [-0.3, -0.25) is 0 Å². The van der Waals surface area contributed by atoms with Crippen LogP contribution in [0.1, 0.15) is 6.42 Å². The van der Waals surface area contributed by atoms with E-state index in [1.54, 1.807) is 0 Å². The third-order valence-corrected chi connectivity index (χ3v) is 2.37. The molecule has 1 radical (unpaired) electrons. The molecule has 0 aliphatic carbocycles. The van der Waals surface area contributed by atoms with Crippen molar-refractivity contribution in [2.75, 3.05) is 6.61 Å². The Hall–Kier alpha value is -0.961. The molecule has 20 heavy (non-hydrogen) atoms. The van der Waals surface area contributed by atoms with Gasteiger partial charge < -0.3 is 4.74 Å². The Balaban J connectivity index is 0.000000444. The molecule has 0 fully saturated rings. The van der Waals surface area contributed by atoms with Crippen LogP contribution in [0, 0.1) is 6.92 Å². The van der Waals surface area contributed by atoms with Crippen LogP contribution < -0.4 is 4.74 Å². The van der Waals surface area contributed by atoms with Gasteiger partial charge in [-0.2, -0.15) is 0 Å². The standard InChI is InChI=1S/C15H15O.3CH3.Sn.H/c1-2-12-16-15-10-8-14(9-11-15)13-6-4-3-5-7-13;;;;;/h3-11H,1-2,12H2;3*1H3;;. The maximum atomic E-state index is 5.48. The van der Waals surface area contributed by atoms with Gasteiger partial charge in [0.1, 0.15) is 5.75 Å². The van der Waals surface area contributed by atoms with Crippen LogP contribution in [0.5, 0.6) is 5.75 Å². The van der Waals surface area contributed by atoms with Crippen molar-refractivity contribution in [1.29, 1.82) is 0 Å². The topological polar surface area (TPSA) is 9.23 Å². The van der Waals surface area contributed by atoms with Gasteiger partial charge in [-0.25, -0.2) is 0 Å². The van der Waals surface area contributed by atoms with Gasteiger partial charge >= 0.3 is 34.6 Å². The molecule has 0 heterocycles. The Bertz CT molecular complexity index is 460. The zero-order chi connectivity index (χ0) is 14.8. The molecule has 2 aromatic carbocycles. The van der Waals surface area contributed by atoms with Gasteiger partial charge in [-0.15, -0.1) is 0 Å². The van der Waals surface area contributed by atoms with Crippen molar-refractivity contribution in [3.05, 3.63) is 61.5 Å². The van der Waals surface area contributed by atoms with E-state index >= 15 is 0 Å². The van der Waals surface area contributed by atoms with Crippen LogP contribution in [0.3, 0.4) is 0 Å². The van der Waals surface area contributed by atoms with Crippen LogP contribution in [0.2, 0.25) is 14.8 Å². The second kappa shape index (κ2) is 9.87. The summed E-state index contributed by atoms with van der Waals surface area (Å²) in [6.07, 6.45) is 0.792. The monoisotopic (exact) mass is 377 g/mol. The number of ether oxygens (including phenoxy) is 1.